The third kappa shape index (κ3) is 4.49. The van der Waals surface area contributed by atoms with Crippen LogP contribution in [0.3, 0.4) is 0 Å². The third-order valence-corrected chi connectivity index (χ3v) is 3.98. The molecule has 1 atom stereocenters. The number of ether oxygens (including phenoxy) is 3. The van der Waals surface area contributed by atoms with Gasteiger partial charge in [-0.05, 0) is 31.2 Å². The average Bonchev–Trinajstić information content (AvgIpc) is 3.23. The number of benzene rings is 2. The molecule has 0 amide bonds. The van der Waals surface area contributed by atoms with E-state index in [1.807, 2.05) is 0 Å². The molecule has 0 saturated carbocycles. The lowest BCUT2D eigenvalue weighted by atomic mass is 10.2. The molecule has 0 bridgehead atoms. The number of hydrogen-bond acceptors (Lipinski definition) is 9. The van der Waals surface area contributed by atoms with Crippen molar-refractivity contribution >= 4 is 11.7 Å². The van der Waals surface area contributed by atoms with E-state index < -0.39 is 17.0 Å². The molecule has 3 rings (SSSR count). The van der Waals surface area contributed by atoms with Crippen LogP contribution >= 0.6 is 0 Å². The summed E-state index contributed by atoms with van der Waals surface area (Å²) in [6.45, 7) is 1.59. The van der Waals surface area contributed by atoms with Gasteiger partial charge in [-0.3, -0.25) is 10.1 Å². The molecule has 1 heterocycles. The zero-order valence-corrected chi connectivity index (χ0v) is 15.8. The van der Waals surface area contributed by atoms with Crippen molar-refractivity contribution in [3.05, 3.63) is 64.0 Å². The van der Waals surface area contributed by atoms with Gasteiger partial charge in [0.05, 0.1) is 24.7 Å². The molecule has 1 aromatic heterocycles. The quantitative estimate of drug-likeness (QED) is 0.333. The monoisotopic (exact) mass is 399 g/mol. The molecule has 0 saturated heterocycles. The first-order valence-electron chi connectivity index (χ1n) is 8.43. The Hall–Kier alpha value is -3.95. The number of carbonyl (C=O) groups excluding carboxylic acids is 1. The van der Waals surface area contributed by atoms with Crippen molar-refractivity contribution in [2.45, 2.75) is 13.0 Å². The molecule has 0 aliphatic heterocycles. The van der Waals surface area contributed by atoms with Crippen molar-refractivity contribution in [1.82, 2.24) is 10.2 Å². The Morgan fingerprint density at radius 3 is 2.24 bits per heavy atom. The fourth-order valence-corrected chi connectivity index (χ4v) is 2.45. The number of nitro groups is 1. The van der Waals surface area contributed by atoms with Crippen LogP contribution in [0.15, 0.2) is 46.9 Å². The maximum absolute atomic E-state index is 12.5. The van der Waals surface area contributed by atoms with E-state index in [1.54, 1.807) is 13.0 Å². The fraction of sp³-hybridized carbons (Fsp3) is 0.211. The molecule has 0 spiro atoms. The first-order valence-corrected chi connectivity index (χ1v) is 8.43. The van der Waals surface area contributed by atoms with E-state index in [-0.39, 0.29) is 23.0 Å². The third-order valence-electron chi connectivity index (χ3n) is 3.98. The van der Waals surface area contributed by atoms with Crippen LogP contribution in [0, 0.1) is 10.1 Å². The van der Waals surface area contributed by atoms with Gasteiger partial charge in [0.15, 0.2) is 6.10 Å². The van der Waals surface area contributed by atoms with Crippen molar-refractivity contribution in [3.63, 3.8) is 0 Å². The normalized spacial score (nSPS) is 11.6. The van der Waals surface area contributed by atoms with Crippen molar-refractivity contribution in [2.75, 3.05) is 14.2 Å². The van der Waals surface area contributed by atoms with Crippen LogP contribution in [-0.2, 0) is 4.74 Å². The lowest BCUT2D eigenvalue weighted by Gasteiger charge is -2.11. The summed E-state index contributed by atoms with van der Waals surface area (Å²) in [6.07, 6.45) is -0.820. The summed E-state index contributed by atoms with van der Waals surface area (Å²) < 4.78 is 21.2. The highest BCUT2D eigenvalue weighted by Gasteiger charge is 2.21. The molecule has 0 N–H and O–H groups in total. The summed E-state index contributed by atoms with van der Waals surface area (Å²) in [5, 5.41) is 18.5. The maximum atomic E-state index is 12.5. The number of rotatable bonds is 7. The second-order valence-electron chi connectivity index (χ2n) is 5.90. The number of non-ortho nitro benzene ring substituents is 1. The van der Waals surface area contributed by atoms with Gasteiger partial charge < -0.3 is 18.6 Å². The number of nitrogens with zero attached hydrogens (tertiary/aromatic N) is 3. The van der Waals surface area contributed by atoms with Gasteiger partial charge >= 0.3 is 5.97 Å². The van der Waals surface area contributed by atoms with E-state index in [2.05, 4.69) is 10.2 Å². The minimum atomic E-state index is -0.820. The molecule has 0 aliphatic rings. The molecule has 10 nitrogen and oxygen atoms in total. The highest BCUT2D eigenvalue weighted by molar-refractivity contribution is 5.90. The van der Waals surface area contributed by atoms with Crippen LogP contribution < -0.4 is 9.47 Å². The van der Waals surface area contributed by atoms with Crippen molar-refractivity contribution in [2.24, 2.45) is 0 Å². The predicted molar refractivity (Wildman–Crippen MR) is 99.8 cm³/mol. The summed E-state index contributed by atoms with van der Waals surface area (Å²) >= 11 is 0. The number of esters is 1. The highest BCUT2D eigenvalue weighted by atomic mass is 16.6. The van der Waals surface area contributed by atoms with Gasteiger partial charge in [-0.25, -0.2) is 4.79 Å². The predicted octanol–water partition coefficient (Wildman–Crippen LogP) is 3.58. The molecular weight excluding hydrogens is 382 g/mol. The molecule has 29 heavy (non-hydrogen) atoms. The number of nitro benzene ring substituents is 1. The van der Waals surface area contributed by atoms with Crippen LogP contribution in [0.5, 0.6) is 11.5 Å². The lowest BCUT2D eigenvalue weighted by molar-refractivity contribution is -0.384. The van der Waals surface area contributed by atoms with Gasteiger partial charge in [-0.1, -0.05) is 0 Å². The zero-order valence-electron chi connectivity index (χ0n) is 15.8. The number of hydrogen-bond donors (Lipinski definition) is 0. The van der Waals surface area contributed by atoms with Gasteiger partial charge in [0.1, 0.15) is 11.5 Å². The first-order chi connectivity index (χ1) is 13.9. The Labute approximate surface area is 165 Å². The van der Waals surface area contributed by atoms with Crippen molar-refractivity contribution in [1.29, 1.82) is 0 Å². The average molecular weight is 399 g/mol. The van der Waals surface area contributed by atoms with Crippen LogP contribution in [-0.4, -0.2) is 35.3 Å². The van der Waals surface area contributed by atoms with Crippen molar-refractivity contribution < 1.29 is 28.3 Å². The fourth-order valence-electron chi connectivity index (χ4n) is 2.45. The highest BCUT2D eigenvalue weighted by Crippen LogP contribution is 2.27. The Morgan fingerprint density at radius 1 is 1.07 bits per heavy atom. The van der Waals surface area contributed by atoms with Gasteiger partial charge in [-0.2, -0.15) is 0 Å². The summed E-state index contributed by atoms with van der Waals surface area (Å²) in [5.74, 6) is 0.511. The second kappa shape index (κ2) is 8.38. The Balaban J connectivity index is 1.74. The van der Waals surface area contributed by atoms with E-state index in [4.69, 9.17) is 18.6 Å². The minimum Gasteiger partial charge on any atom is -0.497 e. The Morgan fingerprint density at radius 2 is 1.69 bits per heavy atom. The Bertz CT molecular complexity index is 1010. The minimum absolute atomic E-state index is 0.0514. The number of carbonyl (C=O) groups is 1. The van der Waals surface area contributed by atoms with Crippen LogP contribution in [0.2, 0.25) is 0 Å². The van der Waals surface area contributed by atoms with Crippen LogP contribution in [0.4, 0.5) is 5.69 Å². The topological polar surface area (TPSA) is 127 Å². The van der Waals surface area contributed by atoms with Crippen molar-refractivity contribution in [3.8, 4) is 23.0 Å². The molecule has 0 aliphatic carbocycles. The van der Waals surface area contributed by atoms with Crippen LogP contribution in [0.1, 0.15) is 29.3 Å². The van der Waals surface area contributed by atoms with Crippen LogP contribution in [0.25, 0.3) is 11.5 Å². The number of aromatic nitrogens is 2. The lowest BCUT2D eigenvalue weighted by Crippen LogP contribution is -2.10. The van der Waals surface area contributed by atoms with Gasteiger partial charge in [0.2, 0.25) is 5.89 Å². The Kier molecular flexibility index (Phi) is 5.72. The summed E-state index contributed by atoms with van der Waals surface area (Å²) in [4.78, 5) is 22.7. The second-order valence-corrected chi connectivity index (χ2v) is 5.90. The molecule has 0 unspecified atom stereocenters. The molecule has 2 aromatic carbocycles. The van der Waals surface area contributed by atoms with Gasteiger partial charge in [0, 0.05) is 23.8 Å². The molecule has 3 aromatic rings. The summed E-state index contributed by atoms with van der Waals surface area (Å²) in [7, 11) is 2.95. The maximum Gasteiger partial charge on any atom is 0.339 e. The van der Waals surface area contributed by atoms with E-state index >= 15 is 0 Å². The van der Waals surface area contributed by atoms with Gasteiger partial charge in [0.25, 0.3) is 11.6 Å². The molecular formula is C19H17N3O7. The molecule has 10 heteroatoms. The number of methoxy groups -OCH3 is 2. The molecule has 0 radical (unpaired) electrons. The summed E-state index contributed by atoms with van der Waals surface area (Å²) in [6, 6.07) is 10.3. The van der Waals surface area contributed by atoms with E-state index in [9.17, 15) is 14.9 Å². The smallest absolute Gasteiger partial charge is 0.339 e. The zero-order chi connectivity index (χ0) is 21.0. The van der Waals surface area contributed by atoms with E-state index in [1.165, 1.54) is 50.6 Å². The van der Waals surface area contributed by atoms with E-state index in [0.29, 0.717) is 17.1 Å². The van der Waals surface area contributed by atoms with Gasteiger partial charge in [-0.15, -0.1) is 10.2 Å². The summed E-state index contributed by atoms with van der Waals surface area (Å²) in [5.41, 5.74) is 0.693. The largest absolute Gasteiger partial charge is 0.497 e. The van der Waals surface area contributed by atoms with E-state index in [0.717, 1.165) is 0 Å². The SMILES string of the molecule is COc1cc(OC)cc(C(=O)O[C@@H](C)c2nnc(-c3ccc([N+](=O)[O-])cc3)o2)c1. The molecule has 0 fully saturated rings. The molecule has 150 valence electrons. The first kappa shape index (κ1) is 19.8. The standard InChI is InChI=1S/C19H17N3O7/c1-11(28-19(23)13-8-15(26-2)10-16(9-13)27-3)17-20-21-18(29-17)12-4-6-14(7-5-12)22(24)25/h4-11H,1-3H3/t11-/m0/s1.